The number of rotatable bonds is 7. The molecule has 0 bridgehead atoms. The summed E-state index contributed by atoms with van der Waals surface area (Å²) >= 11 is 11.4. The minimum atomic E-state index is 0.0550. The summed E-state index contributed by atoms with van der Waals surface area (Å²) in [6.07, 6.45) is 12.0. The predicted octanol–water partition coefficient (Wildman–Crippen LogP) is 8.43. The lowest BCUT2D eigenvalue weighted by molar-refractivity contribution is 0.0927. The SMILES string of the molecule is O=C(NC1CCCCC1)c1c(N=Cc2ccc(OCc3cccc(Cl)c3)c(Br)c2)sc2c1CCCC2. The van der Waals surface area contributed by atoms with Crippen LogP contribution >= 0.6 is 38.9 Å². The van der Waals surface area contributed by atoms with Crippen LogP contribution < -0.4 is 10.1 Å². The molecule has 0 saturated heterocycles. The monoisotopic (exact) mass is 584 g/mol. The molecule has 0 aliphatic heterocycles. The third kappa shape index (κ3) is 6.21. The van der Waals surface area contributed by atoms with Gasteiger partial charge in [-0.15, -0.1) is 11.3 Å². The number of hydrogen-bond donors (Lipinski definition) is 1. The van der Waals surface area contributed by atoms with Crippen LogP contribution in [0.15, 0.2) is 51.9 Å². The van der Waals surface area contributed by atoms with Gasteiger partial charge in [0.25, 0.3) is 5.91 Å². The van der Waals surface area contributed by atoms with E-state index in [-0.39, 0.29) is 11.9 Å². The molecular weight excluding hydrogens is 556 g/mol. The van der Waals surface area contributed by atoms with Crippen molar-refractivity contribution in [3.8, 4) is 5.75 Å². The first-order chi connectivity index (χ1) is 17.6. The first kappa shape index (κ1) is 25.5. The number of thiophene rings is 1. The van der Waals surface area contributed by atoms with Crippen LogP contribution in [0.1, 0.15) is 76.9 Å². The molecule has 2 aliphatic rings. The van der Waals surface area contributed by atoms with Gasteiger partial charge in [-0.05, 0) is 101 Å². The average Bonchev–Trinajstić information content (AvgIpc) is 3.26. The van der Waals surface area contributed by atoms with Crippen LogP contribution in [-0.2, 0) is 19.4 Å². The molecule has 5 rings (SSSR count). The third-order valence-electron chi connectivity index (χ3n) is 6.89. The van der Waals surface area contributed by atoms with Crippen LogP contribution in [-0.4, -0.2) is 18.2 Å². The van der Waals surface area contributed by atoms with Crippen LogP contribution in [0.2, 0.25) is 5.02 Å². The second-order valence-corrected chi connectivity index (χ2v) is 11.9. The minimum Gasteiger partial charge on any atom is -0.488 e. The molecule has 1 saturated carbocycles. The molecular formula is C29H30BrClN2O2S. The highest BCUT2D eigenvalue weighted by Gasteiger charge is 2.27. The highest BCUT2D eigenvalue weighted by Crippen LogP contribution is 2.40. The molecule has 3 aromatic rings. The largest absolute Gasteiger partial charge is 0.488 e. The first-order valence-electron chi connectivity index (χ1n) is 12.7. The summed E-state index contributed by atoms with van der Waals surface area (Å²) in [4.78, 5) is 19.5. The van der Waals surface area contributed by atoms with E-state index in [9.17, 15) is 4.79 Å². The topological polar surface area (TPSA) is 50.7 Å². The second kappa shape index (κ2) is 11.9. The van der Waals surface area contributed by atoms with Gasteiger partial charge in [0, 0.05) is 22.2 Å². The normalized spacial score (nSPS) is 16.2. The lowest BCUT2D eigenvalue weighted by Crippen LogP contribution is -2.36. The Labute approximate surface area is 230 Å². The number of carbonyl (C=O) groups excluding carboxylic acids is 1. The van der Waals surface area contributed by atoms with Gasteiger partial charge in [-0.3, -0.25) is 4.79 Å². The number of ether oxygens (including phenoxy) is 1. The Hall–Kier alpha value is -2.15. The van der Waals surface area contributed by atoms with Crippen molar-refractivity contribution in [3.05, 3.63) is 79.1 Å². The van der Waals surface area contributed by atoms with Gasteiger partial charge < -0.3 is 10.1 Å². The van der Waals surface area contributed by atoms with Crippen LogP contribution in [0.5, 0.6) is 5.75 Å². The van der Waals surface area contributed by atoms with Gasteiger partial charge in [-0.25, -0.2) is 4.99 Å². The maximum absolute atomic E-state index is 13.4. The van der Waals surface area contributed by atoms with Crippen LogP contribution in [0.25, 0.3) is 0 Å². The van der Waals surface area contributed by atoms with E-state index in [0.717, 1.165) is 64.0 Å². The number of benzene rings is 2. The molecule has 7 heteroatoms. The quantitative estimate of drug-likeness (QED) is 0.283. The summed E-state index contributed by atoms with van der Waals surface area (Å²) in [5.74, 6) is 0.811. The van der Waals surface area contributed by atoms with E-state index in [0.29, 0.717) is 11.6 Å². The Morgan fingerprint density at radius 3 is 2.75 bits per heavy atom. The molecule has 1 fully saturated rings. The van der Waals surface area contributed by atoms with Crippen molar-refractivity contribution in [2.75, 3.05) is 0 Å². The van der Waals surface area contributed by atoms with E-state index in [2.05, 4.69) is 21.2 Å². The molecule has 1 amide bonds. The number of halogens is 2. The summed E-state index contributed by atoms with van der Waals surface area (Å²) in [5, 5.41) is 4.84. The van der Waals surface area contributed by atoms with E-state index in [1.807, 2.05) is 48.7 Å². The van der Waals surface area contributed by atoms with Crippen molar-refractivity contribution in [2.45, 2.75) is 70.4 Å². The molecule has 2 aromatic carbocycles. The smallest absolute Gasteiger partial charge is 0.254 e. The van der Waals surface area contributed by atoms with Crippen molar-refractivity contribution < 1.29 is 9.53 Å². The Bertz CT molecular complexity index is 1270. The molecule has 36 heavy (non-hydrogen) atoms. The van der Waals surface area contributed by atoms with Gasteiger partial charge in [-0.1, -0.05) is 43.0 Å². The number of aryl methyl sites for hydroxylation is 1. The molecule has 0 atom stereocenters. The summed E-state index contributed by atoms with van der Waals surface area (Å²) in [6, 6.07) is 13.9. The fraction of sp³-hybridized carbons (Fsp3) is 0.379. The molecule has 1 N–H and O–H groups in total. The standard InChI is InChI=1S/C29H30BrClN2O2S/c30-24-16-19(13-14-25(24)35-18-20-7-6-8-21(31)15-20)17-32-29-27(23-11-4-5-12-26(23)36-29)28(34)33-22-9-2-1-3-10-22/h6-8,13-17,22H,1-5,9-12,18H2,(H,33,34). The van der Waals surface area contributed by atoms with E-state index in [1.165, 1.54) is 36.1 Å². The molecule has 2 aliphatic carbocycles. The maximum Gasteiger partial charge on any atom is 0.254 e. The maximum atomic E-state index is 13.4. The van der Waals surface area contributed by atoms with Crippen molar-refractivity contribution in [1.29, 1.82) is 0 Å². The molecule has 1 aromatic heterocycles. The van der Waals surface area contributed by atoms with E-state index >= 15 is 0 Å². The fourth-order valence-electron chi connectivity index (χ4n) is 5.02. The van der Waals surface area contributed by atoms with E-state index < -0.39 is 0 Å². The van der Waals surface area contributed by atoms with E-state index in [1.54, 1.807) is 11.3 Å². The lowest BCUT2D eigenvalue weighted by Gasteiger charge is -2.23. The van der Waals surface area contributed by atoms with Crippen molar-refractivity contribution in [1.82, 2.24) is 5.32 Å². The summed E-state index contributed by atoms with van der Waals surface area (Å²) in [7, 11) is 0. The Morgan fingerprint density at radius 2 is 1.94 bits per heavy atom. The number of hydrogen-bond acceptors (Lipinski definition) is 4. The molecule has 188 valence electrons. The third-order valence-corrected chi connectivity index (χ3v) is 8.94. The van der Waals surface area contributed by atoms with Crippen molar-refractivity contribution >= 4 is 56.0 Å². The highest BCUT2D eigenvalue weighted by molar-refractivity contribution is 9.10. The van der Waals surface area contributed by atoms with Crippen LogP contribution in [0.4, 0.5) is 5.00 Å². The van der Waals surface area contributed by atoms with Gasteiger partial charge >= 0.3 is 0 Å². The number of carbonyl (C=O) groups is 1. The summed E-state index contributed by atoms with van der Waals surface area (Å²) in [6.45, 7) is 0.437. The Balaban J connectivity index is 1.32. The molecule has 1 heterocycles. The zero-order valence-electron chi connectivity index (χ0n) is 20.2. The number of aliphatic imine (C=N–C) groups is 1. The number of nitrogens with one attached hydrogen (secondary N) is 1. The first-order valence-corrected chi connectivity index (χ1v) is 14.7. The van der Waals surface area contributed by atoms with Gasteiger partial charge in [0.2, 0.25) is 0 Å². The summed E-state index contributed by atoms with van der Waals surface area (Å²) in [5.41, 5.74) is 3.98. The van der Waals surface area contributed by atoms with E-state index in [4.69, 9.17) is 21.3 Å². The Kier molecular flexibility index (Phi) is 8.45. The van der Waals surface area contributed by atoms with Crippen molar-refractivity contribution in [2.24, 2.45) is 4.99 Å². The summed E-state index contributed by atoms with van der Waals surface area (Å²) < 4.78 is 6.83. The zero-order valence-corrected chi connectivity index (χ0v) is 23.4. The zero-order chi connectivity index (χ0) is 24.9. The van der Waals surface area contributed by atoms with Gasteiger partial charge in [-0.2, -0.15) is 0 Å². The van der Waals surface area contributed by atoms with Gasteiger partial charge in [0.1, 0.15) is 17.4 Å². The van der Waals surface area contributed by atoms with Crippen LogP contribution in [0, 0.1) is 0 Å². The minimum absolute atomic E-state index is 0.0550. The average molecular weight is 586 g/mol. The number of amides is 1. The lowest BCUT2D eigenvalue weighted by atomic mass is 9.93. The molecule has 0 radical (unpaired) electrons. The van der Waals surface area contributed by atoms with Crippen LogP contribution in [0.3, 0.4) is 0 Å². The molecule has 0 unspecified atom stereocenters. The van der Waals surface area contributed by atoms with Crippen molar-refractivity contribution in [3.63, 3.8) is 0 Å². The van der Waals surface area contributed by atoms with Gasteiger partial charge in [0.15, 0.2) is 0 Å². The molecule has 0 spiro atoms. The highest BCUT2D eigenvalue weighted by atomic mass is 79.9. The number of nitrogens with zero attached hydrogens (tertiary/aromatic N) is 1. The number of fused-ring (bicyclic) bond motifs is 1. The fourth-order valence-corrected chi connectivity index (χ4v) is 6.97. The predicted molar refractivity (Wildman–Crippen MR) is 152 cm³/mol. The molecule has 4 nitrogen and oxygen atoms in total. The van der Waals surface area contributed by atoms with Gasteiger partial charge in [0.05, 0.1) is 10.0 Å². The second-order valence-electron chi connectivity index (χ2n) is 9.57. The Morgan fingerprint density at radius 1 is 1.11 bits per heavy atom.